The standard InChI is InChI=1S/C21H23N3O/c1-16-13-17(14-22-18-5-7-19(8-6-18)23(2)3)15-24(16)20-9-11-21(25-4)12-10-20/h5-15H,1-4H3. The number of benzene rings is 2. The first kappa shape index (κ1) is 16.8. The number of rotatable bonds is 5. The lowest BCUT2D eigenvalue weighted by Gasteiger charge is -2.11. The van der Waals surface area contributed by atoms with Gasteiger partial charge in [0.25, 0.3) is 0 Å². The van der Waals surface area contributed by atoms with Crippen LogP contribution < -0.4 is 9.64 Å². The Morgan fingerprint density at radius 3 is 2.28 bits per heavy atom. The monoisotopic (exact) mass is 333 g/mol. The van der Waals surface area contributed by atoms with Crippen LogP contribution in [0.2, 0.25) is 0 Å². The fourth-order valence-corrected chi connectivity index (χ4v) is 2.68. The van der Waals surface area contributed by atoms with Crippen molar-refractivity contribution in [3.63, 3.8) is 0 Å². The molecule has 0 aliphatic carbocycles. The van der Waals surface area contributed by atoms with Crippen molar-refractivity contribution >= 4 is 17.6 Å². The Kier molecular flexibility index (Phi) is 4.89. The Bertz CT molecular complexity index is 859. The predicted molar refractivity (Wildman–Crippen MR) is 105 cm³/mol. The van der Waals surface area contributed by atoms with Crippen molar-refractivity contribution < 1.29 is 4.74 Å². The number of ether oxygens (including phenoxy) is 1. The van der Waals surface area contributed by atoms with Crippen LogP contribution in [0.5, 0.6) is 5.75 Å². The van der Waals surface area contributed by atoms with Crippen molar-refractivity contribution in [2.75, 3.05) is 26.1 Å². The Labute approximate surface area is 149 Å². The van der Waals surface area contributed by atoms with E-state index in [0.29, 0.717) is 0 Å². The van der Waals surface area contributed by atoms with Crippen molar-refractivity contribution in [1.82, 2.24) is 4.57 Å². The van der Waals surface area contributed by atoms with Crippen LogP contribution in [-0.2, 0) is 0 Å². The van der Waals surface area contributed by atoms with Gasteiger partial charge in [0.05, 0.1) is 12.8 Å². The van der Waals surface area contributed by atoms with E-state index in [1.807, 2.05) is 56.7 Å². The fourth-order valence-electron chi connectivity index (χ4n) is 2.68. The van der Waals surface area contributed by atoms with Crippen LogP contribution in [-0.4, -0.2) is 32.0 Å². The van der Waals surface area contributed by atoms with Gasteiger partial charge in [-0.15, -0.1) is 0 Å². The summed E-state index contributed by atoms with van der Waals surface area (Å²) in [5.74, 6) is 0.858. The summed E-state index contributed by atoms with van der Waals surface area (Å²) in [7, 11) is 5.74. The molecule has 0 amide bonds. The summed E-state index contributed by atoms with van der Waals surface area (Å²) in [5.41, 5.74) is 5.45. The SMILES string of the molecule is COc1ccc(-n2cc(C=Nc3ccc(N(C)C)cc3)cc2C)cc1. The highest BCUT2D eigenvalue weighted by Crippen LogP contribution is 2.20. The van der Waals surface area contributed by atoms with Crippen LogP contribution in [0.25, 0.3) is 5.69 Å². The van der Waals surface area contributed by atoms with Crippen LogP contribution in [0.15, 0.2) is 65.8 Å². The largest absolute Gasteiger partial charge is 0.497 e. The molecule has 0 aliphatic heterocycles. The number of aliphatic imine (C=N–C) groups is 1. The first-order valence-corrected chi connectivity index (χ1v) is 8.22. The van der Waals surface area contributed by atoms with E-state index in [-0.39, 0.29) is 0 Å². The van der Waals surface area contributed by atoms with E-state index in [2.05, 4.69) is 45.8 Å². The van der Waals surface area contributed by atoms with Gasteiger partial charge in [0.2, 0.25) is 0 Å². The first-order chi connectivity index (χ1) is 12.1. The van der Waals surface area contributed by atoms with Crippen LogP contribution in [0, 0.1) is 6.92 Å². The molecule has 3 rings (SSSR count). The molecule has 0 radical (unpaired) electrons. The summed E-state index contributed by atoms with van der Waals surface area (Å²) in [6.45, 7) is 2.09. The highest BCUT2D eigenvalue weighted by Gasteiger charge is 2.03. The molecule has 0 saturated carbocycles. The van der Waals surface area contributed by atoms with Crippen LogP contribution in [0.1, 0.15) is 11.3 Å². The molecule has 2 aromatic carbocycles. The van der Waals surface area contributed by atoms with Crippen molar-refractivity contribution in [2.24, 2.45) is 4.99 Å². The van der Waals surface area contributed by atoms with Crippen LogP contribution in [0.3, 0.4) is 0 Å². The molecule has 1 heterocycles. The molecule has 0 aliphatic rings. The van der Waals surface area contributed by atoms with E-state index in [4.69, 9.17) is 4.74 Å². The Morgan fingerprint density at radius 1 is 1.00 bits per heavy atom. The molecule has 25 heavy (non-hydrogen) atoms. The second-order valence-corrected chi connectivity index (χ2v) is 6.15. The summed E-state index contributed by atoms with van der Waals surface area (Å²) in [6.07, 6.45) is 3.99. The molecule has 0 saturated heterocycles. The lowest BCUT2D eigenvalue weighted by molar-refractivity contribution is 0.414. The molecule has 0 fully saturated rings. The Hall–Kier alpha value is -3.01. The second-order valence-electron chi connectivity index (χ2n) is 6.15. The van der Waals surface area contributed by atoms with Crippen molar-refractivity contribution in [3.05, 3.63) is 72.1 Å². The molecule has 0 unspecified atom stereocenters. The minimum absolute atomic E-state index is 0.858. The zero-order valence-electron chi connectivity index (χ0n) is 15.1. The number of aromatic nitrogens is 1. The fraction of sp³-hybridized carbons (Fsp3) is 0.190. The van der Waals surface area contributed by atoms with E-state index >= 15 is 0 Å². The minimum atomic E-state index is 0.858. The van der Waals surface area contributed by atoms with Gasteiger partial charge in [-0.3, -0.25) is 4.99 Å². The number of hydrogen-bond acceptors (Lipinski definition) is 3. The number of hydrogen-bond donors (Lipinski definition) is 0. The normalized spacial score (nSPS) is 11.0. The molecular weight excluding hydrogens is 310 g/mol. The maximum Gasteiger partial charge on any atom is 0.119 e. The highest BCUT2D eigenvalue weighted by atomic mass is 16.5. The van der Waals surface area contributed by atoms with Crippen LogP contribution >= 0.6 is 0 Å². The predicted octanol–water partition coefficient (Wildman–Crippen LogP) is 4.61. The molecule has 3 aromatic rings. The lowest BCUT2D eigenvalue weighted by Crippen LogP contribution is -2.07. The van der Waals surface area contributed by atoms with E-state index in [1.54, 1.807) is 7.11 Å². The summed E-state index contributed by atoms with van der Waals surface area (Å²) in [5, 5.41) is 0. The van der Waals surface area contributed by atoms with Gasteiger partial charge in [-0.1, -0.05) is 0 Å². The molecular formula is C21H23N3O. The van der Waals surface area contributed by atoms with Gasteiger partial charge in [-0.2, -0.15) is 0 Å². The lowest BCUT2D eigenvalue weighted by atomic mass is 10.2. The smallest absolute Gasteiger partial charge is 0.119 e. The van der Waals surface area contributed by atoms with Gasteiger partial charge < -0.3 is 14.2 Å². The number of aryl methyl sites for hydroxylation is 1. The average Bonchev–Trinajstić information content (AvgIpc) is 3.01. The highest BCUT2D eigenvalue weighted by molar-refractivity contribution is 5.82. The van der Waals surface area contributed by atoms with Gasteiger partial charge >= 0.3 is 0 Å². The third kappa shape index (κ3) is 3.91. The van der Waals surface area contributed by atoms with Crippen molar-refractivity contribution in [2.45, 2.75) is 6.92 Å². The second kappa shape index (κ2) is 7.26. The van der Waals surface area contributed by atoms with Gasteiger partial charge in [0, 0.05) is 49.1 Å². The van der Waals surface area contributed by atoms with E-state index in [0.717, 1.165) is 28.4 Å². The van der Waals surface area contributed by atoms with Gasteiger partial charge in [-0.25, -0.2) is 0 Å². The molecule has 4 heteroatoms. The number of methoxy groups -OCH3 is 1. The molecule has 1 aromatic heterocycles. The zero-order chi connectivity index (χ0) is 17.8. The summed E-state index contributed by atoms with van der Waals surface area (Å²) >= 11 is 0. The van der Waals surface area contributed by atoms with Crippen molar-refractivity contribution in [1.29, 1.82) is 0 Å². The molecule has 4 nitrogen and oxygen atoms in total. The number of anilines is 1. The Morgan fingerprint density at radius 2 is 1.68 bits per heavy atom. The molecule has 0 atom stereocenters. The van der Waals surface area contributed by atoms with Crippen LogP contribution in [0.4, 0.5) is 11.4 Å². The van der Waals surface area contributed by atoms with Gasteiger partial charge in [0.1, 0.15) is 5.75 Å². The average molecular weight is 333 g/mol. The molecule has 0 spiro atoms. The maximum atomic E-state index is 5.22. The molecule has 0 bridgehead atoms. The molecule has 0 N–H and O–H groups in total. The topological polar surface area (TPSA) is 29.8 Å². The first-order valence-electron chi connectivity index (χ1n) is 8.22. The Balaban J connectivity index is 1.79. The number of nitrogens with zero attached hydrogens (tertiary/aromatic N) is 3. The summed E-state index contributed by atoms with van der Waals surface area (Å²) in [6, 6.07) is 18.4. The summed E-state index contributed by atoms with van der Waals surface area (Å²) in [4.78, 5) is 6.65. The summed E-state index contributed by atoms with van der Waals surface area (Å²) < 4.78 is 7.37. The van der Waals surface area contributed by atoms with Gasteiger partial charge in [0.15, 0.2) is 0 Å². The van der Waals surface area contributed by atoms with E-state index in [9.17, 15) is 0 Å². The third-order valence-electron chi connectivity index (χ3n) is 4.11. The zero-order valence-corrected chi connectivity index (χ0v) is 15.1. The minimum Gasteiger partial charge on any atom is -0.497 e. The molecule has 128 valence electrons. The van der Waals surface area contributed by atoms with Crippen molar-refractivity contribution in [3.8, 4) is 11.4 Å². The third-order valence-corrected chi connectivity index (χ3v) is 4.11. The van der Waals surface area contributed by atoms with E-state index < -0.39 is 0 Å². The van der Waals surface area contributed by atoms with Gasteiger partial charge in [-0.05, 0) is 61.5 Å². The maximum absolute atomic E-state index is 5.22. The van der Waals surface area contributed by atoms with E-state index in [1.165, 1.54) is 5.69 Å². The quantitative estimate of drug-likeness (QED) is 0.638.